The third-order valence-corrected chi connectivity index (χ3v) is 5.51. The summed E-state index contributed by atoms with van der Waals surface area (Å²) in [4.78, 5) is 22.6. The van der Waals surface area contributed by atoms with E-state index in [1.54, 1.807) is 30.0 Å². The Bertz CT molecular complexity index is 1110. The summed E-state index contributed by atoms with van der Waals surface area (Å²) in [5, 5.41) is 23.6. The summed E-state index contributed by atoms with van der Waals surface area (Å²) >= 11 is 1.20. The molecule has 0 aliphatic rings. The summed E-state index contributed by atoms with van der Waals surface area (Å²) in [6, 6.07) is 14.2. The van der Waals surface area contributed by atoms with Gasteiger partial charge >= 0.3 is 0 Å². The standard InChI is InChI=1S/C21H22N6O3S/c1-14(2)16-9-7-15(8-10-16)12-22-23-19(28)13-31-21-25-24-20(26(21)3)17-5-4-6-18(11-17)27(29)30/h4-12,14H,13H2,1-3H3,(H,23,28). The SMILES string of the molecule is CC(C)c1ccc(C=NNC(=O)CSc2nnc(-c3cccc([N+](=O)[O-])c3)n2C)cc1. The maximum Gasteiger partial charge on any atom is 0.270 e. The van der Waals surface area contributed by atoms with Crippen LogP contribution in [-0.2, 0) is 11.8 Å². The van der Waals surface area contributed by atoms with Crippen molar-refractivity contribution in [3.05, 3.63) is 69.8 Å². The Morgan fingerprint density at radius 3 is 2.68 bits per heavy atom. The van der Waals surface area contributed by atoms with E-state index in [1.807, 2.05) is 24.3 Å². The maximum atomic E-state index is 12.1. The van der Waals surface area contributed by atoms with Crippen molar-refractivity contribution in [2.24, 2.45) is 12.1 Å². The molecule has 0 atom stereocenters. The molecular formula is C21H22N6O3S. The zero-order valence-corrected chi connectivity index (χ0v) is 18.2. The number of nitrogens with one attached hydrogen (secondary N) is 1. The largest absolute Gasteiger partial charge is 0.305 e. The molecule has 0 saturated carbocycles. The molecule has 0 radical (unpaired) electrons. The molecule has 31 heavy (non-hydrogen) atoms. The molecule has 0 bridgehead atoms. The molecule has 9 nitrogen and oxygen atoms in total. The minimum absolute atomic E-state index is 0.0224. The second-order valence-corrected chi connectivity index (χ2v) is 8.02. The number of hydrogen-bond donors (Lipinski definition) is 1. The first kappa shape index (κ1) is 22.2. The van der Waals surface area contributed by atoms with Crippen molar-refractivity contribution in [2.45, 2.75) is 24.9 Å². The third kappa shape index (κ3) is 5.76. The molecule has 0 spiro atoms. The van der Waals surface area contributed by atoms with Gasteiger partial charge in [0.2, 0.25) is 0 Å². The molecule has 0 aliphatic carbocycles. The van der Waals surface area contributed by atoms with Gasteiger partial charge in [-0.1, -0.05) is 62.0 Å². The van der Waals surface area contributed by atoms with Gasteiger partial charge in [-0.3, -0.25) is 14.9 Å². The second-order valence-electron chi connectivity index (χ2n) is 7.08. The van der Waals surface area contributed by atoms with Crippen molar-refractivity contribution in [3.63, 3.8) is 0 Å². The van der Waals surface area contributed by atoms with Crippen LogP contribution in [0.4, 0.5) is 5.69 Å². The van der Waals surface area contributed by atoms with Gasteiger partial charge in [-0.05, 0) is 17.0 Å². The number of rotatable bonds is 8. The Morgan fingerprint density at radius 1 is 1.26 bits per heavy atom. The highest BCUT2D eigenvalue weighted by molar-refractivity contribution is 7.99. The summed E-state index contributed by atoms with van der Waals surface area (Å²) < 4.78 is 1.69. The topological polar surface area (TPSA) is 115 Å². The van der Waals surface area contributed by atoms with Gasteiger partial charge in [-0.25, -0.2) is 5.43 Å². The number of amides is 1. The van der Waals surface area contributed by atoms with Gasteiger partial charge in [0.25, 0.3) is 11.6 Å². The van der Waals surface area contributed by atoms with Crippen LogP contribution in [0.2, 0.25) is 0 Å². The highest BCUT2D eigenvalue weighted by Crippen LogP contribution is 2.25. The number of thioether (sulfide) groups is 1. The fourth-order valence-electron chi connectivity index (χ4n) is 2.76. The van der Waals surface area contributed by atoms with Crippen LogP contribution >= 0.6 is 11.8 Å². The van der Waals surface area contributed by atoms with Gasteiger partial charge in [0, 0.05) is 24.7 Å². The lowest BCUT2D eigenvalue weighted by atomic mass is 10.0. The van der Waals surface area contributed by atoms with Crippen LogP contribution in [0.1, 0.15) is 30.9 Å². The normalized spacial score (nSPS) is 11.2. The van der Waals surface area contributed by atoms with E-state index in [1.165, 1.54) is 29.5 Å². The number of nitro benzene ring substituents is 1. The number of benzene rings is 2. The van der Waals surface area contributed by atoms with Gasteiger partial charge in [-0.15, -0.1) is 10.2 Å². The van der Waals surface area contributed by atoms with Crippen molar-refractivity contribution in [2.75, 3.05) is 5.75 Å². The molecule has 2 aromatic carbocycles. The molecule has 1 heterocycles. The average Bonchev–Trinajstić information content (AvgIpc) is 3.13. The molecule has 0 unspecified atom stereocenters. The van der Waals surface area contributed by atoms with Crippen molar-refractivity contribution in [1.82, 2.24) is 20.2 Å². The Kier molecular flexibility index (Phi) is 7.14. The second kappa shape index (κ2) is 9.98. The molecule has 1 aromatic heterocycles. The Morgan fingerprint density at radius 2 is 2.00 bits per heavy atom. The molecule has 3 aromatic rings. The highest BCUT2D eigenvalue weighted by Gasteiger charge is 2.15. The third-order valence-electron chi connectivity index (χ3n) is 4.49. The average molecular weight is 439 g/mol. The Labute approximate surface area is 183 Å². The number of nitrogens with zero attached hydrogens (tertiary/aromatic N) is 5. The molecular weight excluding hydrogens is 416 g/mol. The van der Waals surface area contributed by atoms with Crippen molar-refractivity contribution in [3.8, 4) is 11.4 Å². The predicted octanol–water partition coefficient (Wildman–Crippen LogP) is 3.76. The lowest BCUT2D eigenvalue weighted by Gasteiger charge is -2.05. The maximum absolute atomic E-state index is 12.1. The zero-order valence-electron chi connectivity index (χ0n) is 17.3. The minimum Gasteiger partial charge on any atom is -0.305 e. The summed E-state index contributed by atoms with van der Waals surface area (Å²) in [6.07, 6.45) is 1.59. The van der Waals surface area contributed by atoms with E-state index in [0.29, 0.717) is 22.5 Å². The monoisotopic (exact) mass is 438 g/mol. The van der Waals surface area contributed by atoms with Gasteiger partial charge < -0.3 is 4.57 Å². The van der Waals surface area contributed by atoms with Crippen molar-refractivity contribution in [1.29, 1.82) is 0 Å². The molecule has 0 fully saturated rings. The molecule has 0 aliphatic heterocycles. The number of carbonyl (C=O) groups is 1. The van der Waals surface area contributed by atoms with Crippen LogP contribution in [0.3, 0.4) is 0 Å². The lowest BCUT2D eigenvalue weighted by Crippen LogP contribution is -2.19. The van der Waals surface area contributed by atoms with Gasteiger partial charge in [0.15, 0.2) is 11.0 Å². The zero-order chi connectivity index (χ0) is 22.4. The van der Waals surface area contributed by atoms with Gasteiger partial charge in [0.1, 0.15) is 0 Å². The fourth-order valence-corrected chi connectivity index (χ4v) is 3.46. The number of hydrazone groups is 1. The minimum atomic E-state index is -0.459. The smallest absolute Gasteiger partial charge is 0.270 e. The highest BCUT2D eigenvalue weighted by atomic mass is 32.2. The van der Waals surface area contributed by atoms with Crippen LogP contribution in [0.5, 0.6) is 0 Å². The predicted molar refractivity (Wildman–Crippen MR) is 120 cm³/mol. The first-order valence-electron chi connectivity index (χ1n) is 9.54. The van der Waals surface area contributed by atoms with Crippen LogP contribution in [-0.4, -0.2) is 37.6 Å². The molecule has 1 amide bonds. The number of nitro groups is 1. The number of carbonyl (C=O) groups excluding carboxylic acids is 1. The first-order chi connectivity index (χ1) is 14.8. The van der Waals surface area contributed by atoms with E-state index >= 15 is 0 Å². The van der Waals surface area contributed by atoms with Crippen LogP contribution in [0, 0.1) is 10.1 Å². The summed E-state index contributed by atoms with van der Waals surface area (Å²) in [5.74, 6) is 0.764. The van der Waals surface area contributed by atoms with E-state index in [2.05, 4.69) is 34.6 Å². The van der Waals surface area contributed by atoms with E-state index in [-0.39, 0.29) is 17.3 Å². The number of hydrogen-bond acceptors (Lipinski definition) is 7. The Balaban J connectivity index is 1.56. The van der Waals surface area contributed by atoms with Crippen LogP contribution < -0.4 is 5.43 Å². The molecule has 10 heteroatoms. The van der Waals surface area contributed by atoms with Crippen molar-refractivity contribution >= 4 is 29.6 Å². The van der Waals surface area contributed by atoms with Gasteiger partial charge in [-0.2, -0.15) is 5.10 Å². The molecule has 160 valence electrons. The quantitative estimate of drug-likeness (QED) is 0.248. The Hall–Kier alpha value is -3.53. The van der Waals surface area contributed by atoms with Gasteiger partial charge in [0.05, 0.1) is 16.9 Å². The van der Waals surface area contributed by atoms with Crippen molar-refractivity contribution < 1.29 is 9.72 Å². The molecule has 0 saturated heterocycles. The number of non-ortho nitro benzene ring substituents is 1. The fraction of sp³-hybridized carbons (Fsp3) is 0.238. The molecule has 1 N–H and O–H groups in total. The first-order valence-corrected chi connectivity index (χ1v) is 10.5. The summed E-state index contributed by atoms with van der Waals surface area (Å²) in [6.45, 7) is 4.26. The van der Waals surface area contributed by atoms with E-state index in [9.17, 15) is 14.9 Å². The lowest BCUT2D eigenvalue weighted by molar-refractivity contribution is -0.384. The molecule has 3 rings (SSSR count). The summed E-state index contributed by atoms with van der Waals surface area (Å²) in [5.41, 5.74) is 5.19. The van der Waals surface area contributed by atoms with Crippen LogP contribution in [0.15, 0.2) is 58.8 Å². The van der Waals surface area contributed by atoms with E-state index < -0.39 is 4.92 Å². The van der Waals surface area contributed by atoms with E-state index in [0.717, 1.165) is 5.56 Å². The summed E-state index contributed by atoms with van der Waals surface area (Å²) in [7, 11) is 1.74. The van der Waals surface area contributed by atoms with Crippen LogP contribution in [0.25, 0.3) is 11.4 Å². The van der Waals surface area contributed by atoms with E-state index in [4.69, 9.17) is 0 Å². The number of aromatic nitrogens is 3.